The second-order valence-electron chi connectivity index (χ2n) is 7.91. The van der Waals surface area contributed by atoms with Crippen molar-refractivity contribution in [1.29, 1.82) is 0 Å². The topological polar surface area (TPSA) is 109 Å². The highest BCUT2D eigenvalue weighted by Gasteiger charge is 2.25. The number of anilines is 1. The predicted molar refractivity (Wildman–Crippen MR) is 148 cm³/mol. The first-order chi connectivity index (χ1) is 19.0. The molecule has 0 radical (unpaired) electrons. The molecular formula is C26H23ClFN7O3S. The number of methoxy groups -OCH3 is 2. The van der Waals surface area contributed by atoms with Crippen molar-refractivity contribution < 1.29 is 18.6 Å². The molecule has 4 aromatic heterocycles. The van der Waals surface area contributed by atoms with E-state index >= 15 is 0 Å². The van der Waals surface area contributed by atoms with Crippen molar-refractivity contribution >= 4 is 40.7 Å². The molecule has 39 heavy (non-hydrogen) atoms. The summed E-state index contributed by atoms with van der Waals surface area (Å²) in [4.78, 5) is 22.7. The van der Waals surface area contributed by atoms with Gasteiger partial charge in [0.15, 0.2) is 28.1 Å². The van der Waals surface area contributed by atoms with Gasteiger partial charge in [0.25, 0.3) is 0 Å². The molecule has 0 amide bonds. The Morgan fingerprint density at radius 3 is 2.46 bits per heavy atom. The van der Waals surface area contributed by atoms with Crippen LogP contribution >= 0.6 is 23.5 Å². The third-order valence-electron chi connectivity index (χ3n) is 5.54. The molecule has 0 aliphatic rings. The molecule has 10 nitrogen and oxygen atoms in total. The molecule has 5 rings (SSSR count). The SMILES string of the molecule is CCOc1cccc(-c2nc3nc(Cl)c(NSCc4ncccc4F)nc3n2-c2c(OC)cccc2OC)n1. The molecule has 1 N–H and O–H groups in total. The Bertz CT molecular complexity index is 1610. The molecule has 4 heterocycles. The van der Waals surface area contributed by atoms with Crippen LogP contribution in [0.25, 0.3) is 28.5 Å². The minimum atomic E-state index is -0.396. The summed E-state index contributed by atoms with van der Waals surface area (Å²) in [5.41, 5.74) is 2.01. The van der Waals surface area contributed by atoms with Crippen molar-refractivity contribution in [3.63, 3.8) is 0 Å². The highest BCUT2D eigenvalue weighted by Crippen LogP contribution is 2.38. The van der Waals surface area contributed by atoms with E-state index in [9.17, 15) is 4.39 Å². The van der Waals surface area contributed by atoms with Crippen LogP contribution in [0.3, 0.4) is 0 Å². The lowest BCUT2D eigenvalue weighted by Gasteiger charge is -2.16. The van der Waals surface area contributed by atoms with Gasteiger partial charge < -0.3 is 18.9 Å². The average Bonchev–Trinajstić information content (AvgIpc) is 3.31. The molecule has 0 spiro atoms. The highest BCUT2D eigenvalue weighted by atomic mass is 35.5. The van der Waals surface area contributed by atoms with E-state index in [-0.39, 0.29) is 22.4 Å². The average molecular weight is 568 g/mol. The number of hydrogen-bond acceptors (Lipinski definition) is 10. The van der Waals surface area contributed by atoms with Gasteiger partial charge in [0.2, 0.25) is 5.88 Å². The molecule has 0 saturated carbocycles. The van der Waals surface area contributed by atoms with Crippen molar-refractivity contribution in [3.05, 3.63) is 71.4 Å². The lowest BCUT2D eigenvalue weighted by atomic mass is 10.2. The lowest BCUT2D eigenvalue weighted by Crippen LogP contribution is -2.06. The summed E-state index contributed by atoms with van der Waals surface area (Å²) in [6.07, 6.45) is 1.53. The quantitative estimate of drug-likeness (QED) is 0.210. The molecule has 0 atom stereocenters. The Hall–Kier alpha value is -4.16. The molecule has 1 aromatic carbocycles. The summed E-state index contributed by atoms with van der Waals surface area (Å²) in [5, 5.41) is 0.0933. The molecule has 200 valence electrons. The van der Waals surface area contributed by atoms with Crippen molar-refractivity contribution in [3.8, 4) is 34.6 Å². The number of imidazole rings is 1. The number of ether oxygens (including phenoxy) is 3. The zero-order valence-corrected chi connectivity index (χ0v) is 22.8. The zero-order valence-electron chi connectivity index (χ0n) is 21.2. The van der Waals surface area contributed by atoms with Crippen LogP contribution in [0.15, 0.2) is 54.7 Å². The van der Waals surface area contributed by atoms with Crippen LogP contribution in [0.4, 0.5) is 10.2 Å². The van der Waals surface area contributed by atoms with E-state index in [4.69, 9.17) is 35.8 Å². The summed E-state index contributed by atoms with van der Waals surface area (Å²) in [7, 11) is 3.13. The highest BCUT2D eigenvalue weighted by molar-refractivity contribution is 7.99. The lowest BCUT2D eigenvalue weighted by molar-refractivity contribution is 0.327. The molecule has 0 bridgehead atoms. The smallest absolute Gasteiger partial charge is 0.213 e. The molecule has 0 aliphatic carbocycles. The third-order valence-corrected chi connectivity index (χ3v) is 6.55. The summed E-state index contributed by atoms with van der Waals surface area (Å²) in [5.74, 6) is 2.01. The molecule has 13 heteroatoms. The van der Waals surface area contributed by atoms with E-state index in [2.05, 4.69) is 19.7 Å². The normalized spacial score (nSPS) is 11.0. The number of benzene rings is 1. The fraction of sp³-hybridized carbons (Fsp3) is 0.192. The number of para-hydroxylation sites is 1. The number of aromatic nitrogens is 6. The van der Waals surface area contributed by atoms with Gasteiger partial charge in [0.05, 0.1) is 32.3 Å². The van der Waals surface area contributed by atoms with Crippen molar-refractivity contribution in [2.45, 2.75) is 12.7 Å². The van der Waals surface area contributed by atoms with Crippen LogP contribution in [0.1, 0.15) is 12.6 Å². The zero-order chi connectivity index (χ0) is 27.4. The largest absolute Gasteiger partial charge is 0.494 e. The summed E-state index contributed by atoms with van der Waals surface area (Å²) in [6.45, 7) is 2.34. The van der Waals surface area contributed by atoms with E-state index in [1.54, 1.807) is 43.1 Å². The van der Waals surface area contributed by atoms with E-state index in [1.807, 2.05) is 19.1 Å². The van der Waals surface area contributed by atoms with Gasteiger partial charge in [-0.2, -0.15) is 0 Å². The van der Waals surface area contributed by atoms with Crippen LogP contribution in [0, 0.1) is 5.82 Å². The molecule has 0 fully saturated rings. The van der Waals surface area contributed by atoms with Gasteiger partial charge in [-0.15, -0.1) is 0 Å². The van der Waals surface area contributed by atoms with E-state index in [0.29, 0.717) is 52.5 Å². The Balaban J connectivity index is 1.66. The fourth-order valence-corrected chi connectivity index (χ4v) is 4.77. The number of hydrogen-bond donors (Lipinski definition) is 1. The first kappa shape index (κ1) is 26.4. The molecule has 0 aliphatic heterocycles. The van der Waals surface area contributed by atoms with Crippen LogP contribution in [0.2, 0.25) is 5.15 Å². The number of rotatable bonds is 10. The van der Waals surface area contributed by atoms with Crippen molar-refractivity contribution in [2.24, 2.45) is 0 Å². The number of pyridine rings is 2. The van der Waals surface area contributed by atoms with Crippen LogP contribution in [-0.2, 0) is 5.75 Å². The van der Waals surface area contributed by atoms with Gasteiger partial charge >= 0.3 is 0 Å². The molecule has 0 saturated heterocycles. The maximum absolute atomic E-state index is 14.0. The van der Waals surface area contributed by atoms with E-state index in [1.165, 1.54) is 30.3 Å². The molecule has 0 unspecified atom stereocenters. The van der Waals surface area contributed by atoms with Crippen LogP contribution in [0.5, 0.6) is 17.4 Å². The van der Waals surface area contributed by atoms with Gasteiger partial charge in [-0.1, -0.05) is 23.7 Å². The molecule has 5 aromatic rings. The number of nitrogens with zero attached hydrogens (tertiary/aromatic N) is 6. The minimum absolute atomic E-state index is 0.0933. The van der Waals surface area contributed by atoms with Gasteiger partial charge in [-0.3, -0.25) is 9.55 Å². The summed E-state index contributed by atoms with van der Waals surface area (Å²) < 4.78 is 35.8. The maximum atomic E-state index is 14.0. The van der Waals surface area contributed by atoms with Crippen molar-refractivity contribution in [2.75, 3.05) is 25.5 Å². The Kier molecular flexibility index (Phi) is 7.94. The number of halogens is 2. The first-order valence-corrected chi connectivity index (χ1v) is 13.1. The Morgan fingerprint density at radius 2 is 1.74 bits per heavy atom. The molecular weight excluding hydrogens is 545 g/mol. The Labute approximate surface area is 232 Å². The monoisotopic (exact) mass is 567 g/mol. The minimum Gasteiger partial charge on any atom is -0.494 e. The number of nitrogens with one attached hydrogen (secondary N) is 1. The van der Waals surface area contributed by atoms with Gasteiger partial charge in [0, 0.05) is 12.3 Å². The number of fused-ring (bicyclic) bond motifs is 1. The third kappa shape index (κ3) is 5.38. The summed E-state index contributed by atoms with van der Waals surface area (Å²) in [6, 6.07) is 13.7. The van der Waals surface area contributed by atoms with E-state index in [0.717, 1.165) is 0 Å². The Morgan fingerprint density at radius 1 is 0.974 bits per heavy atom. The van der Waals surface area contributed by atoms with Gasteiger partial charge in [-0.25, -0.2) is 24.3 Å². The second-order valence-corrected chi connectivity index (χ2v) is 9.05. The second kappa shape index (κ2) is 11.7. The van der Waals surface area contributed by atoms with Gasteiger partial charge in [0.1, 0.15) is 28.7 Å². The standard InChI is InChI=1S/C26H23ClFN7O3S/c1-4-38-20-12-5-9-16(30-20)25-33-24-26(35(25)21-18(36-2)10-6-11-19(21)37-3)32-23(22(27)31-24)34-39-14-17-15(28)8-7-13-29-17/h5-13H,4,14H2,1-3H3,(H,32,34). The predicted octanol–water partition coefficient (Wildman–Crippen LogP) is 5.74. The van der Waals surface area contributed by atoms with Crippen LogP contribution in [-0.4, -0.2) is 50.3 Å². The van der Waals surface area contributed by atoms with E-state index < -0.39 is 5.82 Å². The van der Waals surface area contributed by atoms with Gasteiger partial charge in [-0.05, 0) is 49.2 Å². The maximum Gasteiger partial charge on any atom is 0.213 e. The summed E-state index contributed by atoms with van der Waals surface area (Å²) >= 11 is 7.66. The first-order valence-electron chi connectivity index (χ1n) is 11.8. The van der Waals surface area contributed by atoms with Crippen molar-refractivity contribution in [1.82, 2.24) is 29.5 Å². The fourth-order valence-electron chi connectivity index (χ4n) is 3.84. The van der Waals surface area contributed by atoms with Crippen LogP contribution < -0.4 is 18.9 Å².